The van der Waals surface area contributed by atoms with E-state index in [2.05, 4.69) is 44.4 Å². The van der Waals surface area contributed by atoms with E-state index in [-0.39, 0.29) is 11.1 Å². The zero-order valence-electron chi connectivity index (χ0n) is 17.2. The molecule has 158 valence electrons. The fourth-order valence-electron chi connectivity index (χ4n) is 4.04. The van der Waals surface area contributed by atoms with Gasteiger partial charge in [-0.2, -0.15) is 4.98 Å². The second kappa shape index (κ2) is 7.24. The Morgan fingerprint density at radius 1 is 1.03 bits per heavy atom. The molecule has 0 atom stereocenters. The van der Waals surface area contributed by atoms with Gasteiger partial charge in [0.15, 0.2) is 0 Å². The number of rotatable bonds is 4. The highest BCUT2D eigenvalue weighted by molar-refractivity contribution is 6.29. The lowest BCUT2D eigenvalue weighted by atomic mass is 10.1. The molecule has 1 aliphatic carbocycles. The molecule has 6 rings (SSSR count). The molecule has 32 heavy (non-hydrogen) atoms. The number of nitrogens with zero attached hydrogens (tertiary/aromatic N) is 6. The molecule has 0 unspecified atom stereocenters. The number of fused-ring (bicyclic) bond motifs is 3. The number of anilines is 2. The molecule has 6 nitrogen and oxygen atoms in total. The zero-order valence-corrected chi connectivity index (χ0v) is 18.0. The van der Waals surface area contributed by atoms with Gasteiger partial charge in [0.1, 0.15) is 11.6 Å². The van der Waals surface area contributed by atoms with E-state index in [1.54, 1.807) is 10.5 Å². The molecule has 0 amide bonds. The average Bonchev–Trinajstić information content (AvgIpc) is 3.61. The Morgan fingerprint density at radius 2 is 1.91 bits per heavy atom. The van der Waals surface area contributed by atoms with Gasteiger partial charge in [0.05, 0.1) is 5.52 Å². The standard InChI is InChI=1S/C24H18ClFN6/c1-31(18-4-2-3-15(11-18)16-7-9-20(27-13-16)14-5-6-14)22-19-12-17(26)8-10-21(19)32-23(25)29-30-24(32)28-22/h2-4,7-14H,5-6H2,1H3. The molecule has 0 bridgehead atoms. The minimum atomic E-state index is -0.354. The van der Waals surface area contributed by atoms with Gasteiger partial charge < -0.3 is 4.90 Å². The number of hydrogen-bond donors (Lipinski definition) is 0. The van der Waals surface area contributed by atoms with Crippen LogP contribution in [0.4, 0.5) is 15.9 Å². The van der Waals surface area contributed by atoms with Gasteiger partial charge in [0.25, 0.3) is 5.78 Å². The Kier molecular flexibility index (Phi) is 4.33. The minimum Gasteiger partial charge on any atom is -0.329 e. The Morgan fingerprint density at radius 3 is 2.69 bits per heavy atom. The van der Waals surface area contributed by atoms with Crippen molar-refractivity contribution in [2.45, 2.75) is 18.8 Å². The van der Waals surface area contributed by atoms with Gasteiger partial charge in [-0.1, -0.05) is 18.2 Å². The molecule has 1 saturated carbocycles. The Hall–Kier alpha value is -3.58. The maximum Gasteiger partial charge on any atom is 0.258 e. The van der Waals surface area contributed by atoms with Crippen LogP contribution in [0.5, 0.6) is 0 Å². The van der Waals surface area contributed by atoms with Crippen LogP contribution in [0.15, 0.2) is 60.8 Å². The van der Waals surface area contributed by atoms with Crippen LogP contribution in [-0.2, 0) is 0 Å². The van der Waals surface area contributed by atoms with Crippen LogP contribution >= 0.6 is 11.6 Å². The van der Waals surface area contributed by atoms with Gasteiger partial charge in [-0.15, -0.1) is 10.2 Å². The summed E-state index contributed by atoms with van der Waals surface area (Å²) in [5.74, 6) is 1.19. The fourth-order valence-corrected chi connectivity index (χ4v) is 4.25. The van der Waals surface area contributed by atoms with Crippen LogP contribution in [0, 0.1) is 5.82 Å². The fraction of sp³-hybridized carbons (Fsp3) is 0.167. The SMILES string of the molecule is CN(c1cccc(-c2ccc(C3CC3)nc2)c1)c1nc2nnc(Cl)n2c2ccc(F)cc12. The average molecular weight is 445 g/mol. The summed E-state index contributed by atoms with van der Waals surface area (Å²) in [5, 5.41) is 8.77. The predicted molar refractivity (Wildman–Crippen MR) is 123 cm³/mol. The summed E-state index contributed by atoms with van der Waals surface area (Å²) < 4.78 is 15.8. The molecule has 0 N–H and O–H groups in total. The van der Waals surface area contributed by atoms with Gasteiger partial charge in [0.2, 0.25) is 5.28 Å². The highest BCUT2D eigenvalue weighted by Gasteiger charge is 2.24. The Labute approximate surface area is 188 Å². The highest BCUT2D eigenvalue weighted by Crippen LogP contribution is 2.39. The molecular formula is C24H18ClFN6. The largest absolute Gasteiger partial charge is 0.329 e. The molecule has 0 saturated heterocycles. The zero-order chi connectivity index (χ0) is 21.8. The summed E-state index contributed by atoms with van der Waals surface area (Å²) in [5.41, 5.74) is 4.85. The molecule has 5 aromatic rings. The van der Waals surface area contributed by atoms with Crippen molar-refractivity contribution < 1.29 is 4.39 Å². The molecule has 1 aliphatic rings. The van der Waals surface area contributed by atoms with E-state index < -0.39 is 0 Å². The third kappa shape index (κ3) is 3.17. The minimum absolute atomic E-state index is 0.183. The first-order valence-electron chi connectivity index (χ1n) is 10.4. The third-order valence-electron chi connectivity index (χ3n) is 5.92. The molecule has 3 heterocycles. The molecule has 0 aliphatic heterocycles. The summed E-state index contributed by atoms with van der Waals surface area (Å²) in [6.45, 7) is 0. The first kappa shape index (κ1) is 19.1. The van der Waals surface area contributed by atoms with Crippen LogP contribution in [0.2, 0.25) is 5.28 Å². The van der Waals surface area contributed by atoms with Crippen molar-refractivity contribution in [3.05, 3.63) is 77.6 Å². The molecule has 8 heteroatoms. The summed E-state index contributed by atoms with van der Waals surface area (Å²) in [6.07, 6.45) is 4.39. The smallest absolute Gasteiger partial charge is 0.258 e. The molecular weight excluding hydrogens is 427 g/mol. The van der Waals surface area contributed by atoms with Crippen molar-refractivity contribution in [3.8, 4) is 11.1 Å². The van der Waals surface area contributed by atoms with Gasteiger partial charge in [-0.25, -0.2) is 8.79 Å². The van der Waals surface area contributed by atoms with Crippen LogP contribution in [0.3, 0.4) is 0 Å². The van der Waals surface area contributed by atoms with Crippen LogP contribution in [0.25, 0.3) is 27.8 Å². The first-order chi connectivity index (χ1) is 15.6. The van der Waals surface area contributed by atoms with E-state index in [0.717, 1.165) is 16.8 Å². The van der Waals surface area contributed by atoms with Crippen molar-refractivity contribution in [1.82, 2.24) is 24.6 Å². The van der Waals surface area contributed by atoms with Crippen molar-refractivity contribution in [2.24, 2.45) is 0 Å². The van der Waals surface area contributed by atoms with Crippen LogP contribution in [-0.4, -0.2) is 31.6 Å². The van der Waals surface area contributed by atoms with Crippen molar-refractivity contribution >= 4 is 39.8 Å². The van der Waals surface area contributed by atoms with Gasteiger partial charge in [-0.05, 0) is 66.4 Å². The van der Waals surface area contributed by atoms with Crippen molar-refractivity contribution in [3.63, 3.8) is 0 Å². The third-order valence-corrected chi connectivity index (χ3v) is 6.16. The topological polar surface area (TPSA) is 59.2 Å². The summed E-state index contributed by atoms with van der Waals surface area (Å²) in [4.78, 5) is 11.2. The second-order valence-corrected chi connectivity index (χ2v) is 8.39. The van der Waals surface area contributed by atoms with E-state index in [1.807, 2.05) is 30.3 Å². The Balaban J connectivity index is 1.45. The van der Waals surface area contributed by atoms with Gasteiger partial charge >= 0.3 is 0 Å². The molecule has 3 aromatic heterocycles. The number of benzene rings is 2. The van der Waals surface area contributed by atoms with E-state index in [0.29, 0.717) is 28.4 Å². The normalized spacial score (nSPS) is 13.7. The van der Waals surface area contributed by atoms with E-state index >= 15 is 0 Å². The summed E-state index contributed by atoms with van der Waals surface area (Å²) >= 11 is 6.20. The monoisotopic (exact) mass is 444 g/mol. The van der Waals surface area contributed by atoms with Crippen molar-refractivity contribution in [2.75, 3.05) is 11.9 Å². The molecule has 0 radical (unpaired) electrons. The maximum atomic E-state index is 14.2. The van der Waals surface area contributed by atoms with Crippen molar-refractivity contribution in [1.29, 1.82) is 0 Å². The van der Waals surface area contributed by atoms with E-state index in [9.17, 15) is 4.39 Å². The number of aromatic nitrogens is 5. The molecule has 2 aromatic carbocycles. The van der Waals surface area contributed by atoms with Crippen LogP contribution in [0.1, 0.15) is 24.5 Å². The lowest BCUT2D eigenvalue weighted by Crippen LogP contribution is -2.13. The van der Waals surface area contributed by atoms with E-state index in [1.165, 1.54) is 30.7 Å². The summed E-state index contributed by atoms with van der Waals surface area (Å²) in [7, 11) is 1.90. The van der Waals surface area contributed by atoms with E-state index in [4.69, 9.17) is 11.6 Å². The second-order valence-electron chi connectivity index (χ2n) is 8.06. The maximum absolute atomic E-state index is 14.2. The van der Waals surface area contributed by atoms with Gasteiger partial charge in [-0.3, -0.25) is 4.98 Å². The lowest BCUT2D eigenvalue weighted by Gasteiger charge is -2.21. The van der Waals surface area contributed by atoms with Gasteiger partial charge in [0, 0.05) is 41.5 Å². The number of hydrogen-bond acceptors (Lipinski definition) is 5. The highest BCUT2D eigenvalue weighted by atomic mass is 35.5. The summed E-state index contributed by atoms with van der Waals surface area (Å²) in [6, 6.07) is 16.8. The Bertz CT molecular complexity index is 1480. The number of pyridine rings is 1. The lowest BCUT2D eigenvalue weighted by molar-refractivity contribution is 0.629. The predicted octanol–water partition coefficient (Wildman–Crippen LogP) is 5.78. The first-order valence-corrected chi connectivity index (χ1v) is 10.8. The molecule has 0 spiro atoms. The number of halogens is 2. The van der Waals surface area contributed by atoms with Crippen LogP contribution < -0.4 is 4.90 Å². The quantitative estimate of drug-likeness (QED) is 0.352. The molecule has 1 fully saturated rings.